The summed E-state index contributed by atoms with van der Waals surface area (Å²) in [7, 11) is 0. The lowest BCUT2D eigenvalue weighted by Crippen LogP contribution is -2.27. The molecule has 1 aromatic heterocycles. The molecule has 3 N–H and O–H groups in total. The normalized spacial score (nSPS) is 10.3. The van der Waals surface area contributed by atoms with Gasteiger partial charge in [-0.3, -0.25) is 9.48 Å². The average molecular weight is 309 g/mol. The summed E-state index contributed by atoms with van der Waals surface area (Å²) in [4.78, 5) is 11.7. The minimum atomic E-state index is -0.103. The maximum Gasteiger partial charge on any atom is 0.241 e. The zero-order valence-electron chi connectivity index (χ0n) is 9.64. The zero-order chi connectivity index (χ0) is 13.0. The molecule has 18 heavy (non-hydrogen) atoms. The molecule has 0 saturated heterocycles. The van der Waals surface area contributed by atoms with Crippen molar-refractivity contribution in [1.82, 2.24) is 15.1 Å². The second kappa shape index (κ2) is 5.68. The molecule has 1 aromatic carbocycles. The molecule has 0 unspecified atom stereocenters. The van der Waals surface area contributed by atoms with Gasteiger partial charge in [-0.05, 0) is 21.5 Å². The second-order valence-electron chi connectivity index (χ2n) is 3.82. The largest absolute Gasteiger partial charge is 0.381 e. The van der Waals surface area contributed by atoms with Gasteiger partial charge in [-0.1, -0.05) is 30.3 Å². The Bertz CT molecular complexity index is 519. The first-order valence-corrected chi connectivity index (χ1v) is 6.23. The van der Waals surface area contributed by atoms with Gasteiger partial charge in [0, 0.05) is 12.7 Å². The number of rotatable bonds is 4. The monoisotopic (exact) mass is 308 g/mol. The fourth-order valence-corrected chi connectivity index (χ4v) is 1.81. The van der Waals surface area contributed by atoms with Gasteiger partial charge in [0.2, 0.25) is 5.91 Å². The van der Waals surface area contributed by atoms with Gasteiger partial charge in [-0.15, -0.1) is 0 Å². The van der Waals surface area contributed by atoms with Crippen LogP contribution in [0, 0.1) is 0 Å². The number of amides is 1. The van der Waals surface area contributed by atoms with Crippen molar-refractivity contribution in [3.63, 3.8) is 0 Å². The lowest BCUT2D eigenvalue weighted by Gasteiger charge is -2.05. The summed E-state index contributed by atoms with van der Waals surface area (Å²) >= 11 is 3.24. The van der Waals surface area contributed by atoms with Crippen molar-refractivity contribution in [2.45, 2.75) is 13.1 Å². The van der Waals surface area contributed by atoms with E-state index in [1.165, 1.54) is 4.68 Å². The van der Waals surface area contributed by atoms with E-state index < -0.39 is 0 Å². The van der Waals surface area contributed by atoms with Gasteiger partial charge in [0.05, 0.1) is 4.47 Å². The molecular weight excluding hydrogens is 296 g/mol. The molecule has 0 bridgehead atoms. The Hall–Kier alpha value is -1.82. The molecule has 94 valence electrons. The molecule has 2 rings (SSSR count). The summed E-state index contributed by atoms with van der Waals surface area (Å²) in [5, 5.41) is 6.81. The Kier molecular flexibility index (Phi) is 3.99. The molecule has 1 heterocycles. The summed E-state index contributed by atoms with van der Waals surface area (Å²) in [6.45, 7) is 0.667. The number of halogens is 1. The van der Waals surface area contributed by atoms with Crippen LogP contribution < -0.4 is 11.1 Å². The van der Waals surface area contributed by atoms with E-state index in [4.69, 9.17) is 5.73 Å². The number of benzene rings is 1. The van der Waals surface area contributed by atoms with Crippen LogP contribution in [-0.4, -0.2) is 15.7 Å². The molecule has 0 fully saturated rings. The number of hydrogen-bond donors (Lipinski definition) is 2. The van der Waals surface area contributed by atoms with E-state index in [9.17, 15) is 4.79 Å². The number of nitrogens with zero attached hydrogens (tertiary/aromatic N) is 2. The van der Waals surface area contributed by atoms with Crippen LogP contribution in [0.4, 0.5) is 5.82 Å². The first kappa shape index (κ1) is 12.6. The van der Waals surface area contributed by atoms with Crippen LogP contribution in [-0.2, 0) is 17.9 Å². The van der Waals surface area contributed by atoms with Gasteiger partial charge >= 0.3 is 0 Å². The summed E-state index contributed by atoms with van der Waals surface area (Å²) in [5.74, 6) is 0.278. The van der Waals surface area contributed by atoms with Gasteiger partial charge in [0.1, 0.15) is 6.54 Å². The van der Waals surface area contributed by atoms with E-state index in [1.54, 1.807) is 6.20 Å². The van der Waals surface area contributed by atoms with E-state index in [-0.39, 0.29) is 12.5 Å². The standard InChI is InChI=1S/C12H13BrN4O/c13-10-7-17(16-12(10)14)8-11(18)15-6-9-4-2-1-3-5-9/h1-5,7H,6,8H2,(H2,14,16)(H,15,18). The van der Waals surface area contributed by atoms with Crippen LogP contribution in [0.15, 0.2) is 41.0 Å². The van der Waals surface area contributed by atoms with Crippen molar-refractivity contribution >= 4 is 27.7 Å². The quantitative estimate of drug-likeness (QED) is 0.900. The number of nitrogens with one attached hydrogen (secondary N) is 1. The van der Waals surface area contributed by atoms with E-state index in [2.05, 4.69) is 26.3 Å². The fraction of sp³-hybridized carbons (Fsp3) is 0.167. The topological polar surface area (TPSA) is 72.9 Å². The maximum absolute atomic E-state index is 11.7. The smallest absolute Gasteiger partial charge is 0.241 e. The Labute approximate surface area is 113 Å². The number of hydrogen-bond acceptors (Lipinski definition) is 3. The number of carbonyl (C=O) groups is 1. The molecule has 0 aliphatic heterocycles. The highest BCUT2D eigenvalue weighted by atomic mass is 79.9. The number of nitrogen functional groups attached to an aromatic ring is 1. The zero-order valence-corrected chi connectivity index (χ0v) is 11.2. The third-order valence-corrected chi connectivity index (χ3v) is 2.99. The molecule has 0 radical (unpaired) electrons. The lowest BCUT2D eigenvalue weighted by atomic mass is 10.2. The van der Waals surface area contributed by atoms with Crippen molar-refractivity contribution in [2.24, 2.45) is 0 Å². The van der Waals surface area contributed by atoms with E-state index >= 15 is 0 Å². The van der Waals surface area contributed by atoms with Crippen LogP contribution >= 0.6 is 15.9 Å². The molecule has 0 saturated carbocycles. The lowest BCUT2D eigenvalue weighted by molar-refractivity contribution is -0.122. The van der Waals surface area contributed by atoms with E-state index in [0.717, 1.165) is 5.56 Å². The van der Waals surface area contributed by atoms with Crippen LogP contribution in [0.3, 0.4) is 0 Å². The SMILES string of the molecule is Nc1nn(CC(=O)NCc2ccccc2)cc1Br. The third kappa shape index (κ3) is 3.33. The summed E-state index contributed by atoms with van der Waals surface area (Å²) in [6.07, 6.45) is 1.68. The molecule has 0 spiro atoms. The van der Waals surface area contributed by atoms with Crippen molar-refractivity contribution in [1.29, 1.82) is 0 Å². The Morgan fingerprint density at radius 1 is 1.39 bits per heavy atom. The van der Waals surface area contributed by atoms with Crippen molar-refractivity contribution in [3.05, 3.63) is 46.6 Å². The molecule has 2 aromatic rings. The second-order valence-corrected chi connectivity index (χ2v) is 4.68. The van der Waals surface area contributed by atoms with E-state index in [1.807, 2.05) is 30.3 Å². The highest BCUT2D eigenvalue weighted by Gasteiger charge is 2.06. The Morgan fingerprint density at radius 2 is 2.11 bits per heavy atom. The van der Waals surface area contributed by atoms with Crippen LogP contribution in [0.25, 0.3) is 0 Å². The number of nitrogens with two attached hydrogens (primary N) is 1. The minimum Gasteiger partial charge on any atom is -0.381 e. The first-order chi connectivity index (χ1) is 8.65. The molecule has 0 aliphatic carbocycles. The van der Waals surface area contributed by atoms with Gasteiger partial charge in [-0.25, -0.2) is 0 Å². The highest BCUT2D eigenvalue weighted by molar-refractivity contribution is 9.10. The average Bonchev–Trinajstić information content (AvgIpc) is 2.67. The highest BCUT2D eigenvalue weighted by Crippen LogP contribution is 2.15. The number of carbonyl (C=O) groups excluding carboxylic acids is 1. The van der Waals surface area contributed by atoms with Crippen molar-refractivity contribution in [3.8, 4) is 0 Å². The summed E-state index contributed by atoms with van der Waals surface area (Å²) in [6, 6.07) is 9.74. The molecule has 6 heteroatoms. The van der Waals surface area contributed by atoms with Gasteiger partial charge < -0.3 is 11.1 Å². The number of aromatic nitrogens is 2. The third-order valence-electron chi connectivity index (χ3n) is 2.38. The van der Waals surface area contributed by atoms with Crippen LogP contribution in [0.2, 0.25) is 0 Å². The molecule has 0 aliphatic rings. The molecule has 5 nitrogen and oxygen atoms in total. The van der Waals surface area contributed by atoms with Crippen molar-refractivity contribution in [2.75, 3.05) is 5.73 Å². The maximum atomic E-state index is 11.7. The molecular formula is C12H13BrN4O. The van der Waals surface area contributed by atoms with Gasteiger partial charge in [0.25, 0.3) is 0 Å². The minimum absolute atomic E-state index is 0.103. The first-order valence-electron chi connectivity index (χ1n) is 5.44. The molecule has 0 atom stereocenters. The summed E-state index contributed by atoms with van der Waals surface area (Å²) in [5.41, 5.74) is 6.63. The number of anilines is 1. The Morgan fingerprint density at radius 3 is 2.72 bits per heavy atom. The molecule has 1 amide bonds. The Balaban J connectivity index is 1.86. The van der Waals surface area contributed by atoms with Crippen LogP contribution in [0.1, 0.15) is 5.56 Å². The summed E-state index contributed by atoms with van der Waals surface area (Å²) < 4.78 is 2.19. The predicted molar refractivity (Wildman–Crippen MR) is 72.6 cm³/mol. The fourth-order valence-electron chi connectivity index (χ4n) is 1.49. The van der Waals surface area contributed by atoms with E-state index in [0.29, 0.717) is 16.8 Å². The van der Waals surface area contributed by atoms with Crippen molar-refractivity contribution < 1.29 is 4.79 Å². The van der Waals surface area contributed by atoms with Crippen LogP contribution in [0.5, 0.6) is 0 Å². The predicted octanol–water partition coefficient (Wildman–Crippen LogP) is 1.54. The van der Waals surface area contributed by atoms with Gasteiger partial charge in [-0.2, -0.15) is 5.10 Å². The van der Waals surface area contributed by atoms with Gasteiger partial charge in [0.15, 0.2) is 5.82 Å².